The number of rotatable bonds is 4. The van der Waals surface area contributed by atoms with Crippen LogP contribution in [-0.4, -0.2) is 5.78 Å². The van der Waals surface area contributed by atoms with Gasteiger partial charge in [-0.2, -0.15) is 0 Å². The molecule has 0 saturated carbocycles. The Balaban J connectivity index is 2.26. The average Bonchev–Trinajstić information content (AvgIpc) is 2.45. The monoisotopic (exact) mass is 338 g/mol. The summed E-state index contributed by atoms with van der Waals surface area (Å²) in [5.41, 5.74) is 0.523. The zero-order valence-corrected chi connectivity index (χ0v) is 13.7. The van der Waals surface area contributed by atoms with E-state index in [2.05, 4.69) is 0 Å². The molecule has 0 spiro atoms. The molecule has 0 radical (unpaired) electrons. The highest BCUT2D eigenvalue weighted by Crippen LogP contribution is 2.24. The van der Waals surface area contributed by atoms with Crippen molar-refractivity contribution in [2.75, 3.05) is 0 Å². The Morgan fingerprint density at radius 1 is 0.917 bits per heavy atom. The number of hydrogen-bond donors (Lipinski definition) is 0. The second-order valence-electron chi connectivity index (χ2n) is 7.02. The highest BCUT2D eigenvalue weighted by Gasteiger charge is 2.18. The van der Waals surface area contributed by atoms with Gasteiger partial charge in [-0.1, -0.05) is 20.8 Å². The summed E-state index contributed by atoms with van der Waals surface area (Å²) >= 11 is 0. The fourth-order valence-electron chi connectivity index (χ4n) is 2.45. The predicted molar refractivity (Wildman–Crippen MR) is 83.9 cm³/mol. The van der Waals surface area contributed by atoms with Crippen molar-refractivity contribution in [3.63, 3.8) is 0 Å². The van der Waals surface area contributed by atoms with Crippen molar-refractivity contribution in [1.82, 2.24) is 0 Å². The second-order valence-corrected chi connectivity index (χ2v) is 7.02. The summed E-state index contributed by atoms with van der Waals surface area (Å²) in [5, 5.41) is 0. The molecule has 0 saturated heterocycles. The first-order valence-electron chi connectivity index (χ1n) is 7.52. The quantitative estimate of drug-likeness (QED) is 0.422. The maximum Gasteiger partial charge on any atom is 0.194 e. The molecule has 5 heteroatoms. The van der Waals surface area contributed by atoms with Crippen LogP contribution >= 0.6 is 0 Å². The molecule has 0 aliphatic rings. The molecular weight excluding hydrogens is 320 g/mol. The molecule has 0 atom stereocenters. The molecule has 0 fully saturated rings. The molecule has 0 bridgehead atoms. The minimum atomic E-state index is -1.57. The average molecular weight is 338 g/mol. The zero-order chi connectivity index (χ0) is 18.1. The fraction of sp³-hybridized carbons (Fsp3) is 0.316. The standard InChI is InChI=1S/C19H18F4O/c1-19(2,3)10-13-9-12(4-5-14(13)20)17(24)8-11-6-15(21)18(23)16(22)7-11/h4-7,9H,8,10H2,1-3H3. The second kappa shape index (κ2) is 6.75. The number of Topliss-reactive ketones (excluding diaryl/α,β-unsaturated/α-hetero) is 1. The molecule has 0 N–H and O–H groups in total. The summed E-state index contributed by atoms with van der Waals surface area (Å²) in [6, 6.07) is 5.57. The van der Waals surface area contributed by atoms with Crippen molar-refractivity contribution in [2.45, 2.75) is 33.6 Å². The predicted octanol–water partition coefficient (Wildman–Crippen LogP) is 5.26. The van der Waals surface area contributed by atoms with E-state index in [1.807, 2.05) is 20.8 Å². The van der Waals surface area contributed by atoms with Gasteiger partial charge < -0.3 is 0 Å². The van der Waals surface area contributed by atoms with Crippen LogP contribution in [0.4, 0.5) is 17.6 Å². The van der Waals surface area contributed by atoms with E-state index in [4.69, 9.17) is 0 Å². The molecule has 0 heterocycles. The molecule has 0 aliphatic carbocycles. The van der Waals surface area contributed by atoms with Gasteiger partial charge in [0.05, 0.1) is 0 Å². The molecule has 0 amide bonds. The van der Waals surface area contributed by atoms with Crippen LogP contribution in [0.15, 0.2) is 30.3 Å². The minimum absolute atomic E-state index is 0.0260. The van der Waals surface area contributed by atoms with E-state index in [1.54, 1.807) is 0 Å². The Morgan fingerprint density at radius 3 is 2.04 bits per heavy atom. The number of benzene rings is 2. The van der Waals surface area contributed by atoms with Gasteiger partial charge in [0.2, 0.25) is 0 Å². The van der Waals surface area contributed by atoms with Crippen LogP contribution in [0.25, 0.3) is 0 Å². The summed E-state index contributed by atoms with van der Waals surface area (Å²) in [5.74, 6) is -5.08. The van der Waals surface area contributed by atoms with Gasteiger partial charge in [-0.05, 0) is 53.3 Å². The van der Waals surface area contributed by atoms with Crippen LogP contribution in [-0.2, 0) is 12.8 Å². The first-order chi connectivity index (χ1) is 11.1. The lowest BCUT2D eigenvalue weighted by atomic mass is 9.87. The van der Waals surface area contributed by atoms with Crippen LogP contribution in [0.1, 0.15) is 42.3 Å². The third-order valence-corrected chi connectivity index (χ3v) is 3.50. The first-order valence-corrected chi connectivity index (χ1v) is 7.52. The van der Waals surface area contributed by atoms with E-state index < -0.39 is 29.1 Å². The summed E-state index contributed by atoms with van der Waals surface area (Å²) in [6.07, 6.45) is 0.147. The van der Waals surface area contributed by atoms with Crippen molar-refractivity contribution in [3.05, 3.63) is 70.3 Å². The summed E-state index contributed by atoms with van der Waals surface area (Å²) in [6.45, 7) is 5.85. The molecule has 0 unspecified atom stereocenters. The number of carbonyl (C=O) groups excluding carboxylic acids is 1. The lowest BCUT2D eigenvalue weighted by molar-refractivity contribution is 0.0992. The summed E-state index contributed by atoms with van der Waals surface area (Å²) in [4.78, 5) is 12.3. The van der Waals surface area contributed by atoms with Crippen molar-refractivity contribution in [3.8, 4) is 0 Å². The maximum atomic E-state index is 13.9. The Bertz CT molecular complexity index is 752. The number of halogens is 4. The topological polar surface area (TPSA) is 17.1 Å². The lowest BCUT2D eigenvalue weighted by Gasteiger charge is -2.19. The smallest absolute Gasteiger partial charge is 0.194 e. The van der Waals surface area contributed by atoms with E-state index in [0.717, 1.165) is 12.1 Å². The van der Waals surface area contributed by atoms with Crippen molar-refractivity contribution < 1.29 is 22.4 Å². The third kappa shape index (κ3) is 4.43. The number of carbonyl (C=O) groups is 1. The first kappa shape index (κ1) is 18.2. The van der Waals surface area contributed by atoms with Gasteiger partial charge in [0.25, 0.3) is 0 Å². The van der Waals surface area contributed by atoms with Crippen LogP contribution in [0.5, 0.6) is 0 Å². The van der Waals surface area contributed by atoms with Gasteiger partial charge >= 0.3 is 0 Å². The van der Waals surface area contributed by atoms with Crippen molar-refractivity contribution in [1.29, 1.82) is 0 Å². The van der Waals surface area contributed by atoms with Gasteiger partial charge in [-0.15, -0.1) is 0 Å². The van der Waals surface area contributed by atoms with Gasteiger partial charge in [-0.3, -0.25) is 4.79 Å². The van der Waals surface area contributed by atoms with Crippen LogP contribution in [0.3, 0.4) is 0 Å². The van der Waals surface area contributed by atoms with E-state index in [0.29, 0.717) is 12.0 Å². The molecule has 2 aromatic carbocycles. The minimum Gasteiger partial charge on any atom is -0.294 e. The summed E-state index contributed by atoms with van der Waals surface area (Å²) < 4.78 is 53.3. The third-order valence-electron chi connectivity index (χ3n) is 3.50. The molecule has 1 nitrogen and oxygen atoms in total. The summed E-state index contributed by atoms with van der Waals surface area (Å²) in [7, 11) is 0. The molecule has 128 valence electrons. The lowest BCUT2D eigenvalue weighted by Crippen LogP contribution is -2.12. The highest BCUT2D eigenvalue weighted by atomic mass is 19.2. The Hall–Kier alpha value is -2.17. The van der Waals surface area contributed by atoms with E-state index in [-0.39, 0.29) is 23.0 Å². The molecule has 2 aromatic rings. The zero-order valence-electron chi connectivity index (χ0n) is 13.7. The van der Waals surface area contributed by atoms with Crippen LogP contribution < -0.4 is 0 Å². The van der Waals surface area contributed by atoms with E-state index in [1.165, 1.54) is 18.2 Å². The Kier molecular flexibility index (Phi) is 5.11. The maximum absolute atomic E-state index is 13.9. The molecule has 2 rings (SSSR count). The van der Waals surface area contributed by atoms with E-state index >= 15 is 0 Å². The SMILES string of the molecule is CC(C)(C)Cc1cc(C(=O)Cc2cc(F)c(F)c(F)c2)ccc1F. The number of hydrogen-bond acceptors (Lipinski definition) is 1. The van der Waals surface area contributed by atoms with Crippen LogP contribution in [0.2, 0.25) is 0 Å². The Morgan fingerprint density at radius 2 is 1.50 bits per heavy atom. The molecule has 0 aromatic heterocycles. The van der Waals surface area contributed by atoms with Crippen LogP contribution in [0, 0.1) is 28.7 Å². The van der Waals surface area contributed by atoms with Gasteiger partial charge in [0, 0.05) is 12.0 Å². The number of ketones is 1. The van der Waals surface area contributed by atoms with Gasteiger partial charge in [0.15, 0.2) is 23.2 Å². The molecule has 0 aliphatic heterocycles. The molecular formula is C19H18F4O. The van der Waals surface area contributed by atoms with Crippen molar-refractivity contribution in [2.24, 2.45) is 5.41 Å². The Labute approximate surface area is 138 Å². The highest BCUT2D eigenvalue weighted by molar-refractivity contribution is 5.97. The normalized spacial score (nSPS) is 11.6. The van der Waals surface area contributed by atoms with Crippen molar-refractivity contribution >= 4 is 5.78 Å². The van der Waals surface area contributed by atoms with E-state index in [9.17, 15) is 22.4 Å². The van der Waals surface area contributed by atoms with Gasteiger partial charge in [-0.25, -0.2) is 17.6 Å². The fourth-order valence-corrected chi connectivity index (χ4v) is 2.45. The largest absolute Gasteiger partial charge is 0.294 e. The van der Waals surface area contributed by atoms with Gasteiger partial charge in [0.1, 0.15) is 5.82 Å². The molecule has 24 heavy (non-hydrogen) atoms.